The summed E-state index contributed by atoms with van der Waals surface area (Å²) in [4.78, 5) is 12.5. The van der Waals surface area contributed by atoms with Gasteiger partial charge in [-0.05, 0) is 54.6 Å². The molecule has 4 heteroatoms. The summed E-state index contributed by atoms with van der Waals surface area (Å²) in [5, 5.41) is 3.27. The van der Waals surface area contributed by atoms with Gasteiger partial charge in [0.25, 0.3) is 5.91 Å². The van der Waals surface area contributed by atoms with Crippen molar-refractivity contribution in [3.05, 3.63) is 22.4 Å². The Morgan fingerprint density at radius 3 is 2.68 bits per heavy atom. The third kappa shape index (κ3) is 2.88. The highest BCUT2D eigenvalue weighted by Crippen LogP contribution is 2.37. The van der Waals surface area contributed by atoms with Gasteiger partial charge < -0.3 is 9.88 Å². The second-order valence-electron chi connectivity index (χ2n) is 6.26. The predicted octanol–water partition coefficient (Wildman–Crippen LogP) is 4.04. The molecule has 0 saturated heterocycles. The molecule has 1 heterocycles. The lowest BCUT2D eigenvalue weighted by Gasteiger charge is -2.34. The zero-order valence-electron chi connectivity index (χ0n) is 11.4. The van der Waals surface area contributed by atoms with E-state index in [1.165, 1.54) is 32.1 Å². The summed E-state index contributed by atoms with van der Waals surface area (Å²) in [6.45, 7) is 2.18. The Balaban J connectivity index is 1.76. The van der Waals surface area contributed by atoms with E-state index in [4.69, 9.17) is 0 Å². The Morgan fingerprint density at radius 1 is 1.37 bits per heavy atom. The highest BCUT2D eigenvalue weighted by molar-refractivity contribution is 9.10. The van der Waals surface area contributed by atoms with Crippen LogP contribution in [0.3, 0.4) is 0 Å². The van der Waals surface area contributed by atoms with E-state index in [1.54, 1.807) is 0 Å². The van der Waals surface area contributed by atoms with Crippen LogP contribution in [0.4, 0.5) is 0 Å². The highest BCUT2D eigenvalue weighted by atomic mass is 79.9. The molecule has 19 heavy (non-hydrogen) atoms. The molecule has 1 aromatic heterocycles. The van der Waals surface area contributed by atoms with Crippen molar-refractivity contribution < 1.29 is 4.79 Å². The third-order valence-electron chi connectivity index (χ3n) is 4.36. The van der Waals surface area contributed by atoms with Crippen LogP contribution in [0.25, 0.3) is 0 Å². The van der Waals surface area contributed by atoms with Crippen LogP contribution in [0.5, 0.6) is 0 Å². The van der Waals surface area contributed by atoms with E-state index < -0.39 is 0 Å². The van der Waals surface area contributed by atoms with Crippen LogP contribution in [0, 0.1) is 0 Å². The minimum atomic E-state index is -0.0134. The van der Waals surface area contributed by atoms with Crippen LogP contribution < -0.4 is 5.32 Å². The van der Waals surface area contributed by atoms with Crippen molar-refractivity contribution in [1.29, 1.82) is 0 Å². The van der Waals surface area contributed by atoms with Gasteiger partial charge in [0, 0.05) is 22.3 Å². The van der Waals surface area contributed by atoms with Crippen molar-refractivity contribution in [2.75, 3.05) is 0 Å². The van der Waals surface area contributed by atoms with Crippen molar-refractivity contribution in [3.8, 4) is 0 Å². The summed E-state index contributed by atoms with van der Waals surface area (Å²) in [5.74, 6) is 0.0852. The molecule has 2 fully saturated rings. The summed E-state index contributed by atoms with van der Waals surface area (Å²) >= 11 is 3.49. The van der Waals surface area contributed by atoms with Crippen molar-refractivity contribution in [1.82, 2.24) is 9.88 Å². The molecule has 3 nitrogen and oxygen atoms in total. The largest absolute Gasteiger partial charge is 0.346 e. The van der Waals surface area contributed by atoms with E-state index in [0.717, 1.165) is 23.0 Å². The molecule has 0 unspecified atom stereocenters. The quantitative estimate of drug-likeness (QED) is 0.894. The molecule has 2 aliphatic carbocycles. The molecule has 0 atom stereocenters. The fraction of sp³-hybridized carbons (Fsp3) is 0.667. The summed E-state index contributed by atoms with van der Waals surface area (Å²) in [6.07, 6.45) is 10.4. The SMILES string of the molecule is CC1(NC(=O)c2cc(Br)cn2C2CC2)CCCCC1. The molecule has 3 rings (SSSR count). The summed E-state index contributed by atoms with van der Waals surface area (Å²) in [5.41, 5.74) is 0.793. The highest BCUT2D eigenvalue weighted by Gasteiger charge is 2.32. The summed E-state index contributed by atoms with van der Waals surface area (Å²) < 4.78 is 3.13. The van der Waals surface area contributed by atoms with E-state index in [-0.39, 0.29) is 11.4 Å². The Labute approximate surface area is 122 Å². The molecular formula is C15H21BrN2O. The summed E-state index contributed by atoms with van der Waals surface area (Å²) in [7, 11) is 0. The van der Waals surface area contributed by atoms with E-state index in [1.807, 2.05) is 12.3 Å². The van der Waals surface area contributed by atoms with E-state index in [9.17, 15) is 4.79 Å². The standard InChI is InChI=1S/C15H21BrN2O/c1-15(7-3-2-4-8-15)17-14(19)13-9-11(16)10-18(13)12-5-6-12/h9-10,12H,2-8H2,1H3,(H,17,19). The maximum absolute atomic E-state index is 12.5. The minimum absolute atomic E-state index is 0.0134. The van der Waals surface area contributed by atoms with E-state index in [2.05, 4.69) is 32.7 Å². The first-order chi connectivity index (χ1) is 9.07. The van der Waals surface area contributed by atoms with Gasteiger partial charge in [0.2, 0.25) is 0 Å². The lowest BCUT2D eigenvalue weighted by atomic mass is 9.83. The molecular weight excluding hydrogens is 304 g/mol. The Morgan fingerprint density at radius 2 is 2.05 bits per heavy atom. The fourth-order valence-corrected chi connectivity index (χ4v) is 3.52. The number of hydrogen-bond donors (Lipinski definition) is 1. The topological polar surface area (TPSA) is 34.0 Å². The molecule has 0 spiro atoms. The first kappa shape index (κ1) is 13.2. The molecule has 0 radical (unpaired) electrons. The van der Waals surface area contributed by atoms with Crippen molar-refractivity contribution in [3.63, 3.8) is 0 Å². The third-order valence-corrected chi connectivity index (χ3v) is 4.79. The molecule has 0 bridgehead atoms. The van der Waals surface area contributed by atoms with Gasteiger partial charge in [-0.25, -0.2) is 0 Å². The van der Waals surface area contributed by atoms with Crippen LogP contribution in [-0.2, 0) is 0 Å². The zero-order valence-corrected chi connectivity index (χ0v) is 13.0. The first-order valence-electron chi connectivity index (χ1n) is 7.27. The number of rotatable bonds is 3. The number of halogens is 1. The summed E-state index contributed by atoms with van der Waals surface area (Å²) in [6, 6.07) is 2.48. The first-order valence-corrected chi connectivity index (χ1v) is 8.07. The van der Waals surface area contributed by atoms with Crippen molar-refractivity contribution in [2.24, 2.45) is 0 Å². The fourth-order valence-electron chi connectivity index (χ4n) is 3.08. The van der Waals surface area contributed by atoms with Gasteiger partial charge in [-0.3, -0.25) is 4.79 Å². The average Bonchev–Trinajstić information content (AvgIpc) is 3.12. The number of amides is 1. The number of aromatic nitrogens is 1. The number of hydrogen-bond acceptors (Lipinski definition) is 1. The van der Waals surface area contributed by atoms with Gasteiger partial charge in [-0.1, -0.05) is 19.3 Å². The smallest absolute Gasteiger partial charge is 0.268 e. The van der Waals surface area contributed by atoms with Gasteiger partial charge in [0.05, 0.1) is 0 Å². The molecule has 104 valence electrons. The Kier molecular flexibility index (Phi) is 3.46. The monoisotopic (exact) mass is 324 g/mol. The van der Waals surface area contributed by atoms with Crippen LogP contribution in [-0.4, -0.2) is 16.0 Å². The van der Waals surface area contributed by atoms with E-state index in [0.29, 0.717) is 6.04 Å². The van der Waals surface area contributed by atoms with Crippen molar-refractivity contribution in [2.45, 2.75) is 63.5 Å². The molecule has 1 amide bonds. The average molecular weight is 325 g/mol. The van der Waals surface area contributed by atoms with E-state index >= 15 is 0 Å². The van der Waals surface area contributed by atoms with Gasteiger partial charge in [0.15, 0.2) is 0 Å². The normalized spacial score (nSPS) is 22.2. The number of nitrogens with zero attached hydrogens (tertiary/aromatic N) is 1. The Hall–Kier alpha value is -0.770. The maximum atomic E-state index is 12.5. The minimum Gasteiger partial charge on any atom is -0.346 e. The lowest BCUT2D eigenvalue weighted by molar-refractivity contribution is 0.0873. The number of carbonyl (C=O) groups is 1. The van der Waals surface area contributed by atoms with Gasteiger partial charge in [0.1, 0.15) is 5.69 Å². The van der Waals surface area contributed by atoms with Crippen LogP contribution in [0.2, 0.25) is 0 Å². The Bertz CT molecular complexity index is 484. The maximum Gasteiger partial charge on any atom is 0.268 e. The van der Waals surface area contributed by atoms with Crippen LogP contribution in [0.15, 0.2) is 16.7 Å². The van der Waals surface area contributed by atoms with Gasteiger partial charge >= 0.3 is 0 Å². The molecule has 1 N–H and O–H groups in total. The molecule has 2 saturated carbocycles. The van der Waals surface area contributed by atoms with Crippen molar-refractivity contribution >= 4 is 21.8 Å². The van der Waals surface area contributed by atoms with Crippen LogP contribution >= 0.6 is 15.9 Å². The number of carbonyl (C=O) groups excluding carboxylic acids is 1. The van der Waals surface area contributed by atoms with Crippen LogP contribution in [0.1, 0.15) is 68.4 Å². The van der Waals surface area contributed by atoms with Gasteiger partial charge in [-0.15, -0.1) is 0 Å². The zero-order chi connectivity index (χ0) is 13.5. The molecule has 0 aromatic carbocycles. The van der Waals surface area contributed by atoms with Gasteiger partial charge in [-0.2, -0.15) is 0 Å². The molecule has 1 aromatic rings. The molecule has 2 aliphatic rings. The second-order valence-corrected chi connectivity index (χ2v) is 7.17. The molecule has 0 aliphatic heterocycles. The lowest BCUT2D eigenvalue weighted by Crippen LogP contribution is -2.47. The predicted molar refractivity (Wildman–Crippen MR) is 79.4 cm³/mol. The number of nitrogens with one attached hydrogen (secondary N) is 1. The second kappa shape index (κ2) is 4.97.